The van der Waals surface area contributed by atoms with E-state index in [4.69, 9.17) is 25.2 Å². The first kappa shape index (κ1) is 40.3. The van der Waals surface area contributed by atoms with E-state index < -0.39 is 24.1 Å². The standard InChI is InChI=1S/C15H30O3.C12H24O2.C3H8O2/c1-3-4-5-6-7-8-9-10-11-12-13-18-15(17)14(2)16;1-2-3-4-5-6-7-8-9-10-11-12(13)14;1-3(5)2-4/h14,16H,3-13H2,1-2H3;2-11H2,1H3,(H,13,14);3-5H,2H2,1H3. The van der Waals surface area contributed by atoms with Gasteiger partial charge < -0.3 is 25.2 Å². The molecule has 2 atom stereocenters. The molecule has 0 saturated heterocycles. The Balaban J connectivity index is -0.000000539. The molecule has 37 heavy (non-hydrogen) atoms. The van der Waals surface area contributed by atoms with Crippen LogP contribution in [0.2, 0.25) is 0 Å². The minimum atomic E-state index is -0.992. The molecular formula is C30H62O7. The molecular weight excluding hydrogens is 472 g/mol. The average Bonchev–Trinajstić information content (AvgIpc) is 2.86. The van der Waals surface area contributed by atoms with Crippen LogP contribution in [0.5, 0.6) is 0 Å². The molecule has 0 radical (unpaired) electrons. The number of unbranched alkanes of at least 4 members (excludes halogenated alkanes) is 17. The first-order valence-corrected chi connectivity index (χ1v) is 15.1. The number of hydrogen-bond donors (Lipinski definition) is 4. The number of carbonyl (C=O) groups is 2. The van der Waals surface area contributed by atoms with Gasteiger partial charge in [0, 0.05) is 6.42 Å². The lowest BCUT2D eigenvalue weighted by Gasteiger charge is -2.06. The van der Waals surface area contributed by atoms with Gasteiger partial charge in [0.1, 0.15) is 6.10 Å². The summed E-state index contributed by atoms with van der Waals surface area (Å²) in [5.74, 6) is -1.17. The maximum atomic E-state index is 10.9. The van der Waals surface area contributed by atoms with Gasteiger partial charge in [-0.25, -0.2) is 4.79 Å². The summed E-state index contributed by atoms with van der Waals surface area (Å²) >= 11 is 0. The number of aliphatic hydroxyl groups excluding tert-OH is 3. The zero-order valence-electron chi connectivity index (χ0n) is 24.7. The SMILES string of the molecule is CC(O)CO.CCCCCCCCCCCC(=O)O.CCCCCCCCCCCCOC(=O)C(C)O. The first-order chi connectivity index (χ1) is 17.7. The van der Waals surface area contributed by atoms with E-state index in [9.17, 15) is 9.59 Å². The highest BCUT2D eigenvalue weighted by molar-refractivity contribution is 5.73. The second-order valence-corrected chi connectivity index (χ2v) is 10.0. The van der Waals surface area contributed by atoms with Crippen molar-refractivity contribution in [1.82, 2.24) is 0 Å². The van der Waals surface area contributed by atoms with Crippen LogP contribution in [-0.2, 0) is 14.3 Å². The molecule has 0 aliphatic carbocycles. The number of esters is 1. The van der Waals surface area contributed by atoms with Crippen molar-refractivity contribution in [3.8, 4) is 0 Å². The monoisotopic (exact) mass is 534 g/mol. The smallest absolute Gasteiger partial charge is 0.334 e. The van der Waals surface area contributed by atoms with Gasteiger partial charge in [0.2, 0.25) is 0 Å². The summed E-state index contributed by atoms with van der Waals surface area (Å²) < 4.78 is 4.89. The van der Waals surface area contributed by atoms with Crippen LogP contribution >= 0.6 is 0 Å². The topological polar surface area (TPSA) is 124 Å². The van der Waals surface area contributed by atoms with Crippen LogP contribution in [0.3, 0.4) is 0 Å². The Labute approximate surface area is 228 Å². The molecule has 0 bridgehead atoms. The van der Waals surface area contributed by atoms with Crippen molar-refractivity contribution in [2.75, 3.05) is 13.2 Å². The van der Waals surface area contributed by atoms with Crippen LogP contribution in [0.15, 0.2) is 0 Å². The van der Waals surface area contributed by atoms with Crippen molar-refractivity contribution >= 4 is 11.9 Å². The van der Waals surface area contributed by atoms with Crippen LogP contribution in [0.25, 0.3) is 0 Å². The maximum absolute atomic E-state index is 10.9. The molecule has 224 valence electrons. The number of carbonyl (C=O) groups excluding carboxylic acids is 1. The average molecular weight is 535 g/mol. The molecule has 4 N–H and O–H groups in total. The molecule has 0 aromatic rings. The third kappa shape index (κ3) is 45.2. The fourth-order valence-electron chi connectivity index (χ4n) is 3.47. The molecule has 7 nitrogen and oxygen atoms in total. The quantitative estimate of drug-likeness (QED) is 0.0808. The van der Waals surface area contributed by atoms with E-state index in [2.05, 4.69) is 13.8 Å². The van der Waals surface area contributed by atoms with Crippen molar-refractivity contribution < 1.29 is 34.8 Å². The number of aliphatic carboxylic acids is 1. The van der Waals surface area contributed by atoms with Crippen molar-refractivity contribution in [2.24, 2.45) is 0 Å². The molecule has 7 heteroatoms. The van der Waals surface area contributed by atoms with Gasteiger partial charge in [-0.2, -0.15) is 0 Å². The van der Waals surface area contributed by atoms with E-state index in [-0.39, 0.29) is 6.61 Å². The van der Waals surface area contributed by atoms with Gasteiger partial charge in [0.15, 0.2) is 0 Å². The molecule has 0 saturated carbocycles. The van der Waals surface area contributed by atoms with Crippen LogP contribution < -0.4 is 0 Å². The number of aliphatic hydroxyl groups is 3. The lowest BCUT2D eigenvalue weighted by atomic mass is 10.1. The Morgan fingerprint density at radius 2 is 0.946 bits per heavy atom. The highest BCUT2D eigenvalue weighted by Crippen LogP contribution is 2.11. The Bertz CT molecular complexity index is 453. The van der Waals surface area contributed by atoms with Gasteiger partial charge in [-0.15, -0.1) is 0 Å². The second kappa shape index (κ2) is 34.8. The second-order valence-electron chi connectivity index (χ2n) is 10.0. The summed E-state index contributed by atoms with van der Waals surface area (Å²) in [5, 5.41) is 33.3. The summed E-state index contributed by atoms with van der Waals surface area (Å²) in [7, 11) is 0. The number of rotatable bonds is 23. The Morgan fingerprint density at radius 3 is 1.24 bits per heavy atom. The van der Waals surface area contributed by atoms with Crippen LogP contribution in [0.4, 0.5) is 0 Å². The maximum Gasteiger partial charge on any atom is 0.334 e. The number of carboxylic acid groups (broad SMARTS) is 1. The zero-order chi connectivity index (χ0) is 28.6. The predicted molar refractivity (Wildman–Crippen MR) is 153 cm³/mol. The van der Waals surface area contributed by atoms with Crippen LogP contribution in [-0.4, -0.2) is 57.8 Å². The Morgan fingerprint density at radius 1 is 0.622 bits per heavy atom. The molecule has 0 rings (SSSR count). The van der Waals surface area contributed by atoms with Crippen molar-refractivity contribution in [1.29, 1.82) is 0 Å². The normalized spacial score (nSPS) is 12.0. The van der Waals surface area contributed by atoms with Crippen LogP contribution in [0, 0.1) is 0 Å². The molecule has 2 unspecified atom stereocenters. The van der Waals surface area contributed by atoms with Gasteiger partial charge in [0.05, 0.1) is 19.3 Å². The van der Waals surface area contributed by atoms with E-state index >= 15 is 0 Å². The number of hydrogen-bond acceptors (Lipinski definition) is 6. The van der Waals surface area contributed by atoms with E-state index in [0.717, 1.165) is 25.7 Å². The minimum absolute atomic E-state index is 0.139. The number of ether oxygens (including phenoxy) is 1. The largest absolute Gasteiger partial charge is 0.481 e. The lowest BCUT2D eigenvalue weighted by molar-refractivity contribution is -0.152. The highest BCUT2D eigenvalue weighted by Gasteiger charge is 2.08. The van der Waals surface area contributed by atoms with Gasteiger partial charge in [-0.1, -0.05) is 123 Å². The van der Waals surface area contributed by atoms with E-state index in [0.29, 0.717) is 13.0 Å². The van der Waals surface area contributed by atoms with E-state index in [1.807, 2.05) is 0 Å². The molecule has 0 amide bonds. The summed E-state index contributed by atoms with van der Waals surface area (Å²) in [5.41, 5.74) is 0. The van der Waals surface area contributed by atoms with Crippen molar-refractivity contribution in [3.05, 3.63) is 0 Å². The van der Waals surface area contributed by atoms with Gasteiger partial charge >= 0.3 is 11.9 Å². The third-order valence-corrected chi connectivity index (χ3v) is 5.84. The zero-order valence-corrected chi connectivity index (χ0v) is 24.7. The van der Waals surface area contributed by atoms with Crippen molar-refractivity contribution in [3.63, 3.8) is 0 Å². The van der Waals surface area contributed by atoms with Crippen LogP contribution in [0.1, 0.15) is 156 Å². The lowest BCUT2D eigenvalue weighted by Crippen LogP contribution is -2.19. The van der Waals surface area contributed by atoms with E-state index in [1.165, 1.54) is 110 Å². The predicted octanol–water partition coefficient (Wildman–Crippen LogP) is 7.18. The summed E-state index contributed by atoms with van der Waals surface area (Å²) in [6.07, 6.45) is 22.6. The molecule has 0 aromatic heterocycles. The first-order valence-electron chi connectivity index (χ1n) is 15.1. The summed E-state index contributed by atoms with van der Waals surface area (Å²) in [4.78, 5) is 21.1. The number of carboxylic acids is 1. The van der Waals surface area contributed by atoms with Crippen molar-refractivity contribution in [2.45, 2.75) is 168 Å². The Hall–Kier alpha value is -1.18. The van der Waals surface area contributed by atoms with Gasteiger partial charge in [-0.3, -0.25) is 4.79 Å². The van der Waals surface area contributed by atoms with E-state index in [1.54, 1.807) is 0 Å². The summed E-state index contributed by atoms with van der Waals surface area (Å²) in [6, 6.07) is 0. The molecule has 0 aliphatic rings. The molecule has 0 aromatic carbocycles. The molecule has 0 fully saturated rings. The fraction of sp³-hybridized carbons (Fsp3) is 0.933. The summed E-state index contributed by atoms with van der Waals surface area (Å²) in [6.45, 7) is 7.73. The molecule has 0 heterocycles. The van der Waals surface area contributed by atoms with Gasteiger partial charge in [-0.05, 0) is 26.7 Å². The molecule has 0 aliphatic heterocycles. The third-order valence-electron chi connectivity index (χ3n) is 5.84. The minimum Gasteiger partial charge on any atom is -0.481 e. The Kier molecular flexibility index (Phi) is 37.9. The van der Waals surface area contributed by atoms with Gasteiger partial charge in [0.25, 0.3) is 0 Å². The fourth-order valence-corrected chi connectivity index (χ4v) is 3.47. The molecule has 0 spiro atoms. The highest BCUT2D eigenvalue weighted by atomic mass is 16.5.